The summed E-state index contributed by atoms with van der Waals surface area (Å²) in [5, 5.41) is 0. The Kier molecular flexibility index (Phi) is 4.44. The first-order chi connectivity index (χ1) is 8.27. The summed E-state index contributed by atoms with van der Waals surface area (Å²) in [4.78, 5) is 14.9. The van der Waals surface area contributed by atoms with Gasteiger partial charge in [-0.1, -0.05) is 6.08 Å². The predicted molar refractivity (Wildman–Crippen MR) is 60.5 cm³/mol. The quantitative estimate of drug-likeness (QED) is 0.486. The van der Waals surface area contributed by atoms with Crippen LogP contribution in [-0.4, -0.2) is 23.6 Å². The van der Waals surface area contributed by atoms with E-state index in [2.05, 4.69) is 27.5 Å². The first-order valence-corrected chi connectivity index (χ1v) is 5.38. The third-order valence-corrected chi connectivity index (χ3v) is 2.47. The molecule has 0 aliphatic carbocycles. The van der Waals surface area contributed by atoms with Gasteiger partial charge in [-0.2, -0.15) is 17.6 Å². The largest absolute Gasteiger partial charge is 0.471 e. The number of alkyl halides is 3. The van der Waals surface area contributed by atoms with E-state index in [4.69, 9.17) is 0 Å². The number of amides is 1. The molecule has 0 aliphatic heterocycles. The number of nitrogens with zero attached hydrogens (tertiary/aromatic N) is 2. The highest BCUT2D eigenvalue weighted by molar-refractivity contribution is 9.10. The fraction of sp³-hybridized carbons (Fsp3) is 0.200. The Labute approximate surface area is 108 Å². The van der Waals surface area contributed by atoms with Gasteiger partial charge in [0.15, 0.2) is 0 Å². The first kappa shape index (κ1) is 14.6. The minimum absolute atomic E-state index is 0.182. The van der Waals surface area contributed by atoms with Gasteiger partial charge in [-0.3, -0.25) is 9.69 Å². The lowest BCUT2D eigenvalue weighted by molar-refractivity contribution is -0.170. The molecule has 0 bridgehead atoms. The minimum Gasteiger partial charge on any atom is -0.298 e. The molecule has 8 heteroatoms. The predicted octanol–water partition coefficient (Wildman–Crippen LogP) is 3.06. The highest BCUT2D eigenvalue weighted by Crippen LogP contribution is 2.28. The molecule has 1 aromatic heterocycles. The number of rotatable bonds is 3. The monoisotopic (exact) mass is 326 g/mol. The molecule has 1 rings (SSSR count). The molecular weight excluding hydrogens is 320 g/mol. The molecule has 1 aromatic rings. The van der Waals surface area contributed by atoms with Crippen LogP contribution < -0.4 is 4.90 Å². The molecule has 18 heavy (non-hydrogen) atoms. The summed E-state index contributed by atoms with van der Waals surface area (Å²) in [5.41, 5.74) is -0.182. The highest BCUT2D eigenvalue weighted by atomic mass is 79.9. The Hall–Kier alpha value is -1.44. The molecule has 0 fully saturated rings. The van der Waals surface area contributed by atoms with Crippen LogP contribution in [0.1, 0.15) is 0 Å². The van der Waals surface area contributed by atoms with Crippen molar-refractivity contribution >= 4 is 27.5 Å². The fourth-order valence-corrected chi connectivity index (χ4v) is 1.69. The van der Waals surface area contributed by atoms with Gasteiger partial charge in [0.2, 0.25) is 5.95 Å². The molecule has 3 nitrogen and oxygen atoms in total. The Morgan fingerprint density at radius 2 is 2.11 bits per heavy atom. The summed E-state index contributed by atoms with van der Waals surface area (Å²) >= 11 is 2.81. The highest BCUT2D eigenvalue weighted by Gasteiger charge is 2.43. The summed E-state index contributed by atoms with van der Waals surface area (Å²) in [6.45, 7) is 2.90. The Morgan fingerprint density at radius 3 is 2.56 bits per heavy atom. The zero-order valence-corrected chi connectivity index (χ0v) is 10.4. The van der Waals surface area contributed by atoms with Gasteiger partial charge in [-0.05, 0) is 28.1 Å². The molecule has 1 heterocycles. The Balaban J connectivity index is 3.20. The van der Waals surface area contributed by atoms with Crippen LogP contribution in [0.3, 0.4) is 0 Å². The van der Waals surface area contributed by atoms with Gasteiger partial charge in [0.25, 0.3) is 0 Å². The van der Waals surface area contributed by atoms with E-state index < -0.39 is 18.0 Å². The molecule has 98 valence electrons. The van der Waals surface area contributed by atoms with Crippen LogP contribution in [0.25, 0.3) is 0 Å². The van der Waals surface area contributed by atoms with Gasteiger partial charge in [-0.25, -0.2) is 4.98 Å². The maximum atomic E-state index is 12.7. The van der Waals surface area contributed by atoms with E-state index in [9.17, 15) is 22.4 Å². The number of hydrogen-bond acceptors (Lipinski definition) is 2. The fourth-order valence-electron chi connectivity index (χ4n) is 1.18. The summed E-state index contributed by atoms with van der Waals surface area (Å²) in [6.07, 6.45) is -3.91. The number of pyridine rings is 1. The van der Waals surface area contributed by atoms with Crippen molar-refractivity contribution in [3.8, 4) is 0 Å². The maximum Gasteiger partial charge on any atom is 0.471 e. The van der Waals surface area contributed by atoms with Crippen molar-refractivity contribution in [3.05, 3.63) is 35.3 Å². The third-order valence-electron chi connectivity index (χ3n) is 1.89. The summed E-state index contributed by atoms with van der Waals surface area (Å²) in [6, 6.07) is 1.89. The third kappa shape index (κ3) is 3.28. The summed E-state index contributed by atoms with van der Waals surface area (Å²) in [7, 11) is 0. The average Bonchev–Trinajstić information content (AvgIpc) is 2.24. The van der Waals surface area contributed by atoms with Crippen LogP contribution in [0.2, 0.25) is 0 Å². The number of hydrogen-bond donors (Lipinski definition) is 0. The summed E-state index contributed by atoms with van der Waals surface area (Å²) < 4.78 is 49.7. The lowest BCUT2D eigenvalue weighted by Crippen LogP contribution is -2.41. The first-order valence-electron chi connectivity index (χ1n) is 4.59. The Bertz CT molecular complexity index is 475. The lowest BCUT2D eigenvalue weighted by atomic mass is 10.3. The van der Waals surface area contributed by atoms with Gasteiger partial charge in [-0.15, -0.1) is 6.58 Å². The number of halogens is 5. The maximum absolute atomic E-state index is 12.7. The average molecular weight is 327 g/mol. The number of carbonyl (C=O) groups excluding carboxylic acids is 1. The molecule has 0 aliphatic rings. The van der Waals surface area contributed by atoms with Gasteiger partial charge in [0.05, 0.1) is 5.69 Å². The Morgan fingerprint density at radius 1 is 1.50 bits per heavy atom. The standard InChI is InChI=1S/C10H7BrF4N2O/c1-2-5-17(9(18)10(13,14)15)6-3-4-7(12)16-8(6)11/h2-4H,1,5H2. The van der Waals surface area contributed by atoms with E-state index in [1.807, 2.05) is 0 Å². The summed E-state index contributed by atoms with van der Waals surface area (Å²) in [5.74, 6) is -2.94. The van der Waals surface area contributed by atoms with Gasteiger partial charge >= 0.3 is 12.1 Å². The van der Waals surface area contributed by atoms with Gasteiger partial charge < -0.3 is 0 Å². The van der Waals surface area contributed by atoms with Crippen LogP contribution in [0.5, 0.6) is 0 Å². The number of carbonyl (C=O) groups is 1. The van der Waals surface area contributed by atoms with Crippen molar-refractivity contribution in [2.45, 2.75) is 6.18 Å². The lowest BCUT2D eigenvalue weighted by Gasteiger charge is -2.22. The van der Waals surface area contributed by atoms with Crippen molar-refractivity contribution in [2.75, 3.05) is 11.4 Å². The van der Waals surface area contributed by atoms with E-state index in [-0.39, 0.29) is 16.8 Å². The smallest absolute Gasteiger partial charge is 0.298 e. The van der Waals surface area contributed by atoms with Crippen LogP contribution in [0.4, 0.5) is 23.2 Å². The molecule has 0 radical (unpaired) electrons. The van der Waals surface area contributed by atoms with E-state index in [1.165, 1.54) is 0 Å². The van der Waals surface area contributed by atoms with E-state index >= 15 is 0 Å². The van der Waals surface area contributed by atoms with E-state index in [0.29, 0.717) is 4.90 Å². The van der Waals surface area contributed by atoms with E-state index in [0.717, 1.165) is 18.2 Å². The number of aromatic nitrogens is 1. The normalized spacial score (nSPS) is 11.2. The molecule has 0 saturated carbocycles. The van der Waals surface area contributed by atoms with Crippen molar-refractivity contribution in [1.82, 2.24) is 4.98 Å². The van der Waals surface area contributed by atoms with Crippen molar-refractivity contribution < 1.29 is 22.4 Å². The van der Waals surface area contributed by atoms with Crippen LogP contribution in [-0.2, 0) is 4.79 Å². The van der Waals surface area contributed by atoms with Crippen molar-refractivity contribution in [3.63, 3.8) is 0 Å². The molecule has 0 spiro atoms. The van der Waals surface area contributed by atoms with E-state index in [1.54, 1.807) is 0 Å². The second-order valence-corrected chi connectivity index (χ2v) is 3.90. The number of anilines is 1. The van der Waals surface area contributed by atoms with Gasteiger partial charge in [0.1, 0.15) is 4.60 Å². The molecular formula is C10H7BrF4N2O. The van der Waals surface area contributed by atoms with Crippen LogP contribution in [0.15, 0.2) is 29.4 Å². The molecule has 0 aromatic carbocycles. The van der Waals surface area contributed by atoms with Gasteiger partial charge in [0, 0.05) is 6.54 Å². The SMILES string of the molecule is C=CCN(C(=O)C(F)(F)F)c1ccc(F)nc1Br. The molecule has 0 saturated heterocycles. The second kappa shape index (κ2) is 5.47. The molecule has 1 amide bonds. The molecule has 0 atom stereocenters. The van der Waals surface area contributed by atoms with Crippen molar-refractivity contribution in [2.24, 2.45) is 0 Å². The second-order valence-electron chi connectivity index (χ2n) is 3.15. The minimum atomic E-state index is -5.03. The molecule has 0 N–H and O–H groups in total. The zero-order valence-electron chi connectivity index (χ0n) is 8.84. The molecule has 0 unspecified atom stereocenters. The van der Waals surface area contributed by atoms with Crippen molar-refractivity contribution in [1.29, 1.82) is 0 Å². The zero-order chi connectivity index (χ0) is 13.9. The van der Waals surface area contributed by atoms with Crippen LogP contribution in [0, 0.1) is 5.95 Å². The van der Waals surface area contributed by atoms with Crippen LogP contribution >= 0.6 is 15.9 Å². The topological polar surface area (TPSA) is 33.2 Å².